The number of hydrogen-bond donors (Lipinski definition) is 0. The molecule has 22 heavy (non-hydrogen) atoms. The minimum atomic E-state index is -0.612. The first-order valence-electron chi connectivity index (χ1n) is 6.24. The van der Waals surface area contributed by atoms with Crippen LogP contribution in [0.25, 0.3) is 11.4 Å². The topological polar surface area (TPSA) is 91.0 Å². The fraction of sp³-hybridized carbons (Fsp3) is 0.0714. The van der Waals surface area contributed by atoms with Crippen LogP contribution in [0.15, 0.2) is 47.4 Å². The Kier molecular flexibility index (Phi) is 4.06. The summed E-state index contributed by atoms with van der Waals surface area (Å²) in [6.45, 7) is -0.143. The van der Waals surface area contributed by atoms with Crippen molar-refractivity contribution in [1.29, 1.82) is 0 Å². The Morgan fingerprint density at radius 3 is 2.77 bits per heavy atom. The molecule has 0 aliphatic heterocycles. The van der Waals surface area contributed by atoms with Gasteiger partial charge >= 0.3 is 5.97 Å². The lowest BCUT2D eigenvalue weighted by atomic mass is 10.2. The van der Waals surface area contributed by atoms with E-state index in [1.807, 2.05) is 0 Å². The van der Waals surface area contributed by atoms with Gasteiger partial charge in [-0.05, 0) is 24.3 Å². The molecule has 110 valence electrons. The minimum absolute atomic E-state index is 0.111. The number of carbonyl (C=O) groups excluding carboxylic acids is 1. The van der Waals surface area contributed by atoms with E-state index >= 15 is 0 Å². The zero-order chi connectivity index (χ0) is 15.4. The summed E-state index contributed by atoms with van der Waals surface area (Å²) in [5.41, 5.74) is 0.861. The molecule has 2 aromatic heterocycles. The average Bonchev–Trinajstić information content (AvgIpc) is 3.03. The second-order valence-corrected chi connectivity index (χ2v) is 4.62. The van der Waals surface area contributed by atoms with Crippen LogP contribution in [-0.4, -0.2) is 26.1 Å². The van der Waals surface area contributed by atoms with Gasteiger partial charge in [-0.25, -0.2) is 9.78 Å². The van der Waals surface area contributed by atoms with Crippen LogP contribution < -0.4 is 0 Å². The molecule has 3 aromatic rings. The summed E-state index contributed by atoms with van der Waals surface area (Å²) in [6, 6.07) is 6.98. The Labute approximate surface area is 129 Å². The van der Waals surface area contributed by atoms with Gasteiger partial charge in [0, 0.05) is 23.0 Å². The maximum atomic E-state index is 11.7. The molecule has 0 amide bonds. The molecule has 0 fully saturated rings. The highest BCUT2D eigenvalue weighted by Crippen LogP contribution is 2.18. The van der Waals surface area contributed by atoms with Gasteiger partial charge in [0.1, 0.15) is 0 Å². The molecule has 0 aliphatic rings. The smallest absolute Gasteiger partial charge is 0.359 e. The van der Waals surface area contributed by atoms with Crippen LogP contribution in [0, 0.1) is 0 Å². The maximum Gasteiger partial charge on any atom is 0.359 e. The number of benzene rings is 1. The van der Waals surface area contributed by atoms with Crippen molar-refractivity contribution in [3.8, 4) is 11.4 Å². The van der Waals surface area contributed by atoms with Gasteiger partial charge in [-0.2, -0.15) is 4.98 Å². The van der Waals surface area contributed by atoms with Crippen molar-refractivity contribution in [2.24, 2.45) is 0 Å². The van der Waals surface area contributed by atoms with E-state index in [0.717, 1.165) is 5.56 Å². The lowest BCUT2D eigenvalue weighted by Gasteiger charge is -1.99. The number of esters is 1. The monoisotopic (exact) mass is 316 g/mol. The van der Waals surface area contributed by atoms with Crippen molar-refractivity contribution in [3.63, 3.8) is 0 Å². The molecule has 0 N–H and O–H groups in total. The van der Waals surface area contributed by atoms with Crippen LogP contribution in [0.3, 0.4) is 0 Å². The lowest BCUT2D eigenvalue weighted by molar-refractivity contribution is 0.0422. The predicted molar refractivity (Wildman–Crippen MR) is 75.9 cm³/mol. The van der Waals surface area contributed by atoms with Gasteiger partial charge in [0.25, 0.3) is 5.89 Å². The SMILES string of the molecule is O=C(OCc1nc(-c2ccc(Cl)cc2)no1)c1cnccn1. The van der Waals surface area contributed by atoms with Crippen molar-refractivity contribution in [3.05, 3.63) is 59.5 Å². The van der Waals surface area contributed by atoms with Gasteiger partial charge in [0.15, 0.2) is 12.3 Å². The minimum Gasteiger partial charge on any atom is -0.451 e. The lowest BCUT2D eigenvalue weighted by Crippen LogP contribution is -2.07. The zero-order valence-corrected chi connectivity index (χ0v) is 11.9. The molecule has 0 aliphatic carbocycles. The summed E-state index contributed by atoms with van der Waals surface area (Å²) < 4.78 is 10.1. The van der Waals surface area contributed by atoms with E-state index in [0.29, 0.717) is 10.8 Å². The first-order chi connectivity index (χ1) is 10.7. The highest BCUT2D eigenvalue weighted by molar-refractivity contribution is 6.30. The number of halogens is 1. The number of rotatable bonds is 4. The third-order valence-electron chi connectivity index (χ3n) is 2.67. The molecular formula is C14H9ClN4O3. The summed E-state index contributed by atoms with van der Waals surface area (Å²) in [4.78, 5) is 23.5. The highest BCUT2D eigenvalue weighted by atomic mass is 35.5. The molecule has 0 atom stereocenters. The number of aromatic nitrogens is 4. The number of hydrogen-bond acceptors (Lipinski definition) is 7. The van der Waals surface area contributed by atoms with Gasteiger partial charge < -0.3 is 9.26 Å². The number of nitrogens with zero attached hydrogens (tertiary/aromatic N) is 4. The summed E-state index contributed by atoms with van der Waals surface area (Å²) in [5.74, 6) is -0.0382. The molecule has 3 rings (SSSR count). The molecule has 0 spiro atoms. The van der Waals surface area contributed by atoms with Crippen LogP contribution >= 0.6 is 11.6 Å². The van der Waals surface area contributed by atoms with E-state index in [-0.39, 0.29) is 18.2 Å². The fourth-order valence-corrected chi connectivity index (χ4v) is 1.76. The van der Waals surface area contributed by atoms with Crippen molar-refractivity contribution in [2.45, 2.75) is 6.61 Å². The highest BCUT2D eigenvalue weighted by Gasteiger charge is 2.13. The largest absolute Gasteiger partial charge is 0.451 e. The van der Waals surface area contributed by atoms with E-state index < -0.39 is 5.97 Å². The van der Waals surface area contributed by atoms with E-state index in [9.17, 15) is 4.79 Å². The molecular weight excluding hydrogens is 308 g/mol. The molecule has 0 radical (unpaired) electrons. The van der Waals surface area contributed by atoms with E-state index in [1.165, 1.54) is 18.6 Å². The van der Waals surface area contributed by atoms with Crippen molar-refractivity contribution < 1.29 is 14.1 Å². The van der Waals surface area contributed by atoms with Gasteiger partial charge in [0.05, 0.1) is 6.20 Å². The maximum absolute atomic E-state index is 11.7. The molecule has 0 saturated heterocycles. The van der Waals surface area contributed by atoms with Crippen LogP contribution in [0.5, 0.6) is 0 Å². The van der Waals surface area contributed by atoms with Crippen LogP contribution in [0.4, 0.5) is 0 Å². The number of carbonyl (C=O) groups is 1. The quantitative estimate of drug-likeness (QED) is 0.683. The third-order valence-corrected chi connectivity index (χ3v) is 2.92. The molecule has 0 saturated carbocycles. The summed E-state index contributed by atoms with van der Waals surface area (Å²) in [7, 11) is 0. The van der Waals surface area contributed by atoms with Gasteiger partial charge in [-0.15, -0.1) is 0 Å². The molecule has 8 heteroatoms. The Balaban J connectivity index is 1.65. The summed E-state index contributed by atoms with van der Waals surface area (Å²) in [6.07, 6.45) is 4.18. The van der Waals surface area contributed by atoms with Crippen LogP contribution in [0.1, 0.15) is 16.4 Å². The van der Waals surface area contributed by atoms with Crippen molar-refractivity contribution in [2.75, 3.05) is 0 Å². The predicted octanol–water partition coefficient (Wildman–Crippen LogP) is 2.54. The standard InChI is InChI=1S/C14H9ClN4O3/c15-10-3-1-9(2-4-10)13-18-12(22-19-13)8-21-14(20)11-7-16-5-6-17-11/h1-7H,8H2. The second kappa shape index (κ2) is 6.31. The fourth-order valence-electron chi connectivity index (χ4n) is 1.64. The first-order valence-corrected chi connectivity index (χ1v) is 6.62. The zero-order valence-electron chi connectivity index (χ0n) is 11.1. The van der Waals surface area contributed by atoms with Crippen molar-refractivity contribution >= 4 is 17.6 Å². The molecule has 0 unspecified atom stereocenters. The Morgan fingerprint density at radius 2 is 2.05 bits per heavy atom. The van der Waals surface area contributed by atoms with Gasteiger partial charge in [0.2, 0.25) is 5.82 Å². The Hall–Kier alpha value is -2.80. The van der Waals surface area contributed by atoms with Crippen LogP contribution in [0.2, 0.25) is 5.02 Å². The molecule has 2 heterocycles. The second-order valence-electron chi connectivity index (χ2n) is 4.19. The van der Waals surface area contributed by atoms with Gasteiger partial charge in [-0.3, -0.25) is 4.98 Å². The van der Waals surface area contributed by atoms with Crippen LogP contribution in [-0.2, 0) is 11.3 Å². The Morgan fingerprint density at radius 1 is 1.23 bits per heavy atom. The Bertz CT molecular complexity index is 774. The first kappa shape index (κ1) is 14.2. The van der Waals surface area contributed by atoms with E-state index in [2.05, 4.69) is 20.1 Å². The van der Waals surface area contributed by atoms with Gasteiger partial charge in [-0.1, -0.05) is 16.8 Å². The molecule has 7 nitrogen and oxygen atoms in total. The van der Waals surface area contributed by atoms with Crippen molar-refractivity contribution in [1.82, 2.24) is 20.1 Å². The summed E-state index contributed by atoms with van der Waals surface area (Å²) >= 11 is 5.81. The number of ether oxygens (including phenoxy) is 1. The normalized spacial score (nSPS) is 10.4. The molecule has 1 aromatic carbocycles. The van der Waals surface area contributed by atoms with E-state index in [1.54, 1.807) is 24.3 Å². The average molecular weight is 317 g/mol. The third kappa shape index (κ3) is 3.26. The van der Waals surface area contributed by atoms with E-state index in [4.69, 9.17) is 20.9 Å². The molecule has 0 bridgehead atoms. The summed E-state index contributed by atoms with van der Waals surface area (Å²) in [5, 5.41) is 4.43.